The lowest BCUT2D eigenvalue weighted by Gasteiger charge is -2.22. The van der Waals surface area contributed by atoms with Crippen molar-refractivity contribution in [1.29, 1.82) is 0 Å². The van der Waals surface area contributed by atoms with E-state index in [0.717, 1.165) is 16.9 Å². The number of aryl methyl sites for hydroxylation is 2. The number of rotatable bonds is 3. The lowest BCUT2D eigenvalue weighted by molar-refractivity contribution is -0.122. The van der Waals surface area contributed by atoms with E-state index in [-0.39, 0.29) is 29.6 Å². The Kier molecular flexibility index (Phi) is 4.34. The van der Waals surface area contributed by atoms with Crippen molar-refractivity contribution in [2.45, 2.75) is 27.2 Å². The van der Waals surface area contributed by atoms with Crippen LogP contribution in [0.2, 0.25) is 0 Å². The van der Waals surface area contributed by atoms with Gasteiger partial charge in [0.25, 0.3) is 0 Å². The molecule has 1 aliphatic carbocycles. The maximum Gasteiger partial charge on any atom is 0.238 e. The molecule has 1 aliphatic heterocycles. The molecule has 4 heteroatoms. The number of fused-ring (bicyclic) bond motifs is 1. The molecule has 2 aliphatic rings. The molecule has 3 atom stereocenters. The van der Waals surface area contributed by atoms with Gasteiger partial charge in [-0.25, -0.2) is 0 Å². The Labute approximate surface area is 159 Å². The minimum absolute atomic E-state index is 0.0923. The predicted octanol–water partition coefficient (Wildman–Crippen LogP) is 4.80. The number of anilines is 1. The van der Waals surface area contributed by atoms with Gasteiger partial charge in [-0.3, -0.25) is 14.5 Å². The van der Waals surface area contributed by atoms with E-state index in [4.69, 9.17) is 4.74 Å². The molecule has 1 saturated heterocycles. The molecule has 0 N–H and O–H groups in total. The molecule has 138 valence electrons. The van der Waals surface area contributed by atoms with Gasteiger partial charge < -0.3 is 4.74 Å². The highest BCUT2D eigenvalue weighted by molar-refractivity contribution is 6.22. The first-order valence-electron chi connectivity index (χ1n) is 9.36. The average molecular weight is 361 g/mol. The zero-order valence-electron chi connectivity index (χ0n) is 15.8. The van der Waals surface area contributed by atoms with Crippen LogP contribution in [0.5, 0.6) is 11.5 Å². The third kappa shape index (κ3) is 2.95. The van der Waals surface area contributed by atoms with Crippen molar-refractivity contribution in [3.05, 3.63) is 65.7 Å². The van der Waals surface area contributed by atoms with Crippen molar-refractivity contribution in [2.75, 3.05) is 4.90 Å². The Bertz CT molecular complexity index is 909. The topological polar surface area (TPSA) is 46.6 Å². The van der Waals surface area contributed by atoms with Crippen LogP contribution in [-0.4, -0.2) is 11.8 Å². The van der Waals surface area contributed by atoms with Crippen LogP contribution in [0.1, 0.15) is 24.5 Å². The summed E-state index contributed by atoms with van der Waals surface area (Å²) in [6.07, 6.45) is 4.70. The van der Waals surface area contributed by atoms with E-state index in [2.05, 4.69) is 0 Å². The van der Waals surface area contributed by atoms with Crippen LogP contribution in [-0.2, 0) is 9.59 Å². The fraction of sp³-hybridized carbons (Fsp3) is 0.304. The molecule has 0 bridgehead atoms. The molecular formula is C23H23NO3. The summed E-state index contributed by atoms with van der Waals surface area (Å²) < 4.78 is 6.02. The number of carbonyl (C=O) groups excluding carboxylic acids is 2. The lowest BCUT2D eigenvalue weighted by atomic mass is 9.78. The molecule has 0 radical (unpaired) electrons. The largest absolute Gasteiger partial charge is 0.457 e. The van der Waals surface area contributed by atoms with E-state index in [1.54, 1.807) is 12.1 Å². The smallest absolute Gasteiger partial charge is 0.238 e. The quantitative estimate of drug-likeness (QED) is 0.583. The molecule has 0 spiro atoms. The molecule has 0 aromatic heterocycles. The highest BCUT2D eigenvalue weighted by Gasteiger charge is 2.50. The Morgan fingerprint density at radius 3 is 2.26 bits per heavy atom. The Morgan fingerprint density at radius 1 is 0.963 bits per heavy atom. The summed E-state index contributed by atoms with van der Waals surface area (Å²) in [7, 11) is 0. The first-order chi connectivity index (χ1) is 13.0. The van der Waals surface area contributed by atoms with Gasteiger partial charge in [-0.05, 0) is 61.6 Å². The second kappa shape index (κ2) is 6.69. The van der Waals surface area contributed by atoms with Crippen LogP contribution in [0.15, 0.2) is 54.6 Å². The molecule has 2 aromatic rings. The first kappa shape index (κ1) is 17.5. The van der Waals surface area contributed by atoms with Crippen molar-refractivity contribution in [3.63, 3.8) is 0 Å². The molecule has 0 saturated carbocycles. The van der Waals surface area contributed by atoms with Crippen LogP contribution >= 0.6 is 0 Å². The number of amides is 2. The summed E-state index contributed by atoms with van der Waals surface area (Å²) in [6, 6.07) is 13.2. The van der Waals surface area contributed by atoms with Gasteiger partial charge >= 0.3 is 0 Å². The van der Waals surface area contributed by atoms with Gasteiger partial charge in [0.05, 0.1) is 17.5 Å². The molecular weight excluding hydrogens is 338 g/mol. The van der Waals surface area contributed by atoms with Gasteiger partial charge in [0.15, 0.2) is 0 Å². The number of ether oxygens (including phenoxy) is 1. The summed E-state index contributed by atoms with van der Waals surface area (Å²) in [5, 5.41) is 0. The van der Waals surface area contributed by atoms with Crippen molar-refractivity contribution in [1.82, 2.24) is 0 Å². The molecule has 3 unspecified atom stereocenters. The molecule has 4 nitrogen and oxygen atoms in total. The van der Waals surface area contributed by atoms with Crippen LogP contribution in [0.4, 0.5) is 5.69 Å². The van der Waals surface area contributed by atoms with Crippen LogP contribution < -0.4 is 9.64 Å². The lowest BCUT2D eigenvalue weighted by Crippen LogP contribution is -2.31. The van der Waals surface area contributed by atoms with E-state index in [9.17, 15) is 9.59 Å². The molecule has 4 rings (SSSR count). The monoisotopic (exact) mass is 361 g/mol. The van der Waals surface area contributed by atoms with Gasteiger partial charge in [0, 0.05) is 0 Å². The maximum atomic E-state index is 12.9. The normalized spacial score (nSPS) is 24.3. The van der Waals surface area contributed by atoms with Gasteiger partial charge in [-0.15, -0.1) is 0 Å². The van der Waals surface area contributed by atoms with Crippen molar-refractivity contribution in [3.8, 4) is 11.5 Å². The standard InChI is InChI=1S/C23H23NO3/c1-14-6-5-9-19-20(14)23(26)24(22(19)25)17-10-12-18(13-11-17)27-21-15(2)7-4-8-16(21)3/h4-8,10-14,19-20H,9H2,1-3H3. The third-order valence-corrected chi connectivity index (χ3v) is 5.60. The number of nitrogens with zero attached hydrogens (tertiary/aromatic N) is 1. The summed E-state index contributed by atoms with van der Waals surface area (Å²) in [5.74, 6) is 0.954. The van der Waals surface area contributed by atoms with Crippen molar-refractivity contribution in [2.24, 2.45) is 17.8 Å². The van der Waals surface area contributed by atoms with E-state index in [1.165, 1.54) is 4.90 Å². The highest BCUT2D eigenvalue weighted by Crippen LogP contribution is 2.41. The number of para-hydroxylation sites is 1. The SMILES string of the molecule is Cc1cccc(C)c1Oc1ccc(N2C(=O)C3CC=CC(C)C3C2=O)cc1. The number of allylic oxidation sites excluding steroid dienone is 2. The summed E-state index contributed by atoms with van der Waals surface area (Å²) >= 11 is 0. The maximum absolute atomic E-state index is 12.9. The predicted molar refractivity (Wildman–Crippen MR) is 105 cm³/mol. The number of hydrogen-bond acceptors (Lipinski definition) is 3. The Morgan fingerprint density at radius 2 is 1.63 bits per heavy atom. The van der Waals surface area contributed by atoms with Crippen LogP contribution in [0.25, 0.3) is 0 Å². The number of hydrogen-bond donors (Lipinski definition) is 0. The molecule has 1 heterocycles. The average Bonchev–Trinajstić information content (AvgIpc) is 2.91. The minimum atomic E-state index is -0.243. The van der Waals surface area contributed by atoms with Gasteiger partial charge in [0.1, 0.15) is 11.5 Å². The second-order valence-electron chi connectivity index (χ2n) is 7.48. The number of carbonyl (C=O) groups is 2. The van der Waals surface area contributed by atoms with Crippen LogP contribution in [0, 0.1) is 31.6 Å². The summed E-state index contributed by atoms with van der Waals surface area (Å²) in [4.78, 5) is 27.0. The van der Waals surface area contributed by atoms with E-state index >= 15 is 0 Å². The number of benzene rings is 2. The molecule has 2 amide bonds. The highest BCUT2D eigenvalue weighted by atomic mass is 16.5. The van der Waals surface area contributed by atoms with E-state index in [0.29, 0.717) is 17.9 Å². The van der Waals surface area contributed by atoms with Crippen molar-refractivity contribution >= 4 is 17.5 Å². The van der Waals surface area contributed by atoms with Gasteiger partial charge in [-0.1, -0.05) is 37.3 Å². The molecule has 27 heavy (non-hydrogen) atoms. The first-order valence-corrected chi connectivity index (χ1v) is 9.36. The van der Waals surface area contributed by atoms with Crippen molar-refractivity contribution < 1.29 is 14.3 Å². The minimum Gasteiger partial charge on any atom is -0.457 e. The fourth-order valence-corrected chi connectivity index (χ4v) is 4.14. The van der Waals surface area contributed by atoms with Gasteiger partial charge in [0.2, 0.25) is 11.8 Å². The number of imide groups is 1. The molecule has 2 aromatic carbocycles. The molecule has 1 fully saturated rings. The second-order valence-corrected chi connectivity index (χ2v) is 7.48. The fourth-order valence-electron chi connectivity index (χ4n) is 4.14. The Balaban J connectivity index is 1.58. The zero-order chi connectivity index (χ0) is 19.1. The zero-order valence-corrected chi connectivity index (χ0v) is 15.8. The van der Waals surface area contributed by atoms with Gasteiger partial charge in [-0.2, -0.15) is 0 Å². The summed E-state index contributed by atoms with van der Waals surface area (Å²) in [5.41, 5.74) is 2.74. The van der Waals surface area contributed by atoms with Crippen LogP contribution in [0.3, 0.4) is 0 Å². The Hall–Kier alpha value is -2.88. The summed E-state index contributed by atoms with van der Waals surface area (Å²) in [6.45, 7) is 6.02. The van der Waals surface area contributed by atoms with E-state index in [1.807, 2.05) is 63.3 Å². The van der Waals surface area contributed by atoms with E-state index < -0.39 is 0 Å². The third-order valence-electron chi connectivity index (χ3n) is 5.60.